The summed E-state index contributed by atoms with van der Waals surface area (Å²) in [6, 6.07) is 13.4. The fourth-order valence-corrected chi connectivity index (χ4v) is 2.65. The number of amides is 1. The second kappa shape index (κ2) is 10.7. The number of ether oxygens (including phenoxy) is 2. The highest BCUT2D eigenvalue weighted by atomic mass is 35.5. The number of benzene rings is 2. The molecule has 0 saturated heterocycles. The van der Waals surface area contributed by atoms with E-state index in [0.29, 0.717) is 22.0 Å². The molecule has 0 saturated carbocycles. The van der Waals surface area contributed by atoms with Crippen LogP contribution >= 0.6 is 11.6 Å². The summed E-state index contributed by atoms with van der Waals surface area (Å²) in [7, 11) is 3.04. The van der Waals surface area contributed by atoms with Crippen LogP contribution in [0.5, 0.6) is 5.75 Å². The largest absolute Gasteiger partial charge is 0.491 e. The van der Waals surface area contributed by atoms with E-state index in [9.17, 15) is 14.7 Å². The zero-order valence-electron chi connectivity index (χ0n) is 15.7. The molecule has 2 aromatic rings. The van der Waals surface area contributed by atoms with E-state index in [1.165, 1.54) is 7.11 Å². The molecule has 150 valence electrons. The molecule has 0 aliphatic rings. The predicted molar refractivity (Wildman–Crippen MR) is 107 cm³/mol. The van der Waals surface area contributed by atoms with Crippen LogP contribution in [0.15, 0.2) is 48.5 Å². The fraction of sp³-hybridized carbons (Fsp3) is 0.300. The first-order valence-electron chi connectivity index (χ1n) is 8.61. The highest BCUT2D eigenvalue weighted by molar-refractivity contribution is 6.33. The Hall–Kier alpha value is -2.61. The van der Waals surface area contributed by atoms with Crippen LogP contribution in [0.4, 0.5) is 5.69 Å². The molecule has 2 aromatic carbocycles. The lowest BCUT2D eigenvalue weighted by Crippen LogP contribution is -2.37. The number of hydrogen-bond donors (Lipinski definition) is 2. The van der Waals surface area contributed by atoms with E-state index in [0.717, 1.165) is 0 Å². The lowest BCUT2D eigenvalue weighted by molar-refractivity contribution is -0.117. The Balaban J connectivity index is 1.74. The van der Waals surface area contributed by atoms with Gasteiger partial charge in [0.2, 0.25) is 5.91 Å². The highest BCUT2D eigenvalue weighted by Gasteiger charge is 2.13. The van der Waals surface area contributed by atoms with Gasteiger partial charge in [0.25, 0.3) is 0 Å². The molecule has 0 radical (unpaired) electrons. The van der Waals surface area contributed by atoms with Gasteiger partial charge in [0.1, 0.15) is 18.5 Å². The van der Waals surface area contributed by atoms with Gasteiger partial charge in [-0.15, -0.1) is 0 Å². The minimum absolute atomic E-state index is 0.0496. The number of anilines is 1. The van der Waals surface area contributed by atoms with E-state index in [-0.39, 0.29) is 25.6 Å². The Bertz CT molecular complexity index is 797. The fourth-order valence-electron chi connectivity index (χ4n) is 2.47. The number of carbonyl (C=O) groups excluding carboxylic acids is 2. The number of aliphatic hydroxyl groups excluding tert-OH is 1. The van der Waals surface area contributed by atoms with Crippen molar-refractivity contribution < 1.29 is 24.2 Å². The Morgan fingerprint density at radius 2 is 1.86 bits per heavy atom. The Morgan fingerprint density at radius 1 is 1.18 bits per heavy atom. The van der Waals surface area contributed by atoms with Crippen LogP contribution in [0.25, 0.3) is 0 Å². The van der Waals surface area contributed by atoms with Gasteiger partial charge in [0.05, 0.1) is 29.9 Å². The Labute approximate surface area is 168 Å². The molecule has 2 rings (SSSR count). The summed E-state index contributed by atoms with van der Waals surface area (Å²) in [6.07, 6.45) is -0.793. The van der Waals surface area contributed by atoms with E-state index in [1.807, 2.05) is 0 Å². The van der Waals surface area contributed by atoms with Crippen LogP contribution < -0.4 is 10.1 Å². The number of rotatable bonds is 9. The van der Waals surface area contributed by atoms with E-state index in [2.05, 4.69) is 10.1 Å². The molecule has 0 heterocycles. The molecule has 0 bridgehead atoms. The van der Waals surface area contributed by atoms with Crippen molar-refractivity contribution in [1.82, 2.24) is 4.90 Å². The maximum atomic E-state index is 12.1. The second-order valence-electron chi connectivity index (χ2n) is 6.21. The van der Waals surface area contributed by atoms with Crippen LogP contribution in [0, 0.1) is 0 Å². The van der Waals surface area contributed by atoms with Gasteiger partial charge < -0.3 is 19.9 Å². The summed E-state index contributed by atoms with van der Waals surface area (Å²) in [5.41, 5.74) is 0.960. The third kappa shape index (κ3) is 6.84. The number of esters is 1. The smallest absolute Gasteiger partial charge is 0.337 e. The molecule has 0 aromatic heterocycles. The number of nitrogens with one attached hydrogen (secondary N) is 1. The van der Waals surface area contributed by atoms with Crippen molar-refractivity contribution in [3.05, 3.63) is 59.1 Å². The van der Waals surface area contributed by atoms with Gasteiger partial charge in [0.15, 0.2) is 0 Å². The van der Waals surface area contributed by atoms with Gasteiger partial charge in [-0.3, -0.25) is 9.69 Å². The standard InChI is InChI=1S/C20H23ClN2O5/c1-23(12-19(25)22-18-6-4-3-5-17(18)21)11-15(24)13-28-16-9-7-14(8-10-16)20(26)27-2/h3-10,15,24H,11-13H2,1-2H3,(H,22,25). The number of likely N-dealkylation sites (N-methyl/N-ethyl adjacent to an activating group) is 1. The number of para-hydroxylation sites is 1. The topological polar surface area (TPSA) is 88.1 Å². The molecular formula is C20H23ClN2O5. The van der Waals surface area contributed by atoms with Crippen molar-refractivity contribution in [2.75, 3.05) is 39.2 Å². The number of aliphatic hydroxyl groups is 1. The lowest BCUT2D eigenvalue weighted by atomic mass is 10.2. The molecule has 0 aliphatic heterocycles. The van der Waals surface area contributed by atoms with Crippen LogP contribution in [0.1, 0.15) is 10.4 Å². The third-order valence-electron chi connectivity index (χ3n) is 3.80. The monoisotopic (exact) mass is 406 g/mol. The maximum absolute atomic E-state index is 12.1. The molecule has 1 atom stereocenters. The average Bonchev–Trinajstić information content (AvgIpc) is 2.67. The highest BCUT2D eigenvalue weighted by Crippen LogP contribution is 2.20. The predicted octanol–water partition coefficient (Wildman–Crippen LogP) is 2.44. The summed E-state index contributed by atoms with van der Waals surface area (Å²) < 4.78 is 10.1. The van der Waals surface area contributed by atoms with Gasteiger partial charge in [-0.2, -0.15) is 0 Å². The average molecular weight is 407 g/mol. The summed E-state index contributed by atoms with van der Waals surface area (Å²) in [5, 5.41) is 13.3. The van der Waals surface area contributed by atoms with Crippen LogP contribution in [0.2, 0.25) is 5.02 Å². The Morgan fingerprint density at radius 3 is 2.50 bits per heavy atom. The first kappa shape index (κ1) is 21.7. The quantitative estimate of drug-likeness (QED) is 0.622. The normalized spacial score (nSPS) is 11.8. The number of nitrogens with zero attached hydrogens (tertiary/aromatic N) is 1. The summed E-state index contributed by atoms with van der Waals surface area (Å²) in [6.45, 7) is 0.389. The van der Waals surface area contributed by atoms with E-state index >= 15 is 0 Å². The lowest BCUT2D eigenvalue weighted by Gasteiger charge is -2.20. The molecule has 1 amide bonds. The van der Waals surface area contributed by atoms with E-state index in [1.54, 1.807) is 60.5 Å². The zero-order chi connectivity index (χ0) is 20.5. The summed E-state index contributed by atoms with van der Waals surface area (Å²) in [5.74, 6) is -0.142. The molecule has 2 N–H and O–H groups in total. The van der Waals surface area contributed by atoms with Gasteiger partial charge in [0, 0.05) is 6.54 Å². The first-order valence-corrected chi connectivity index (χ1v) is 8.99. The van der Waals surface area contributed by atoms with Gasteiger partial charge in [-0.25, -0.2) is 4.79 Å². The minimum atomic E-state index is -0.793. The molecule has 28 heavy (non-hydrogen) atoms. The number of carbonyl (C=O) groups is 2. The number of methoxy groups -OCH3 is 1. The minimum Gasteiger partial charge on any atom is -0.491 e. The van der Waals surface area contributed by atoms with Crippen molar-refractivity contribution in [3.8, 4) is 5.75 Å². The number of halogens is 1. The number of hydrogen-bond acceptors (Lipinski definition) is 6. The summed E-state index contributed by atoms with van der Waals surface area (Å²) in [4.78, 5) is 25.2. The van der Waals surface area contributed by atoms with Crippen molar-refractivity contribution in [2.24, 2.45) is 0 Å². The van der Waals surface area contributed by atoms with Crippen molar-refractivity contribution in [2.45, 2.75) is 6.10 Å². The molecule has 0 spiro atoms. The van der Waals surface area contributed by atoms with Gasteiger partial charge in [-0.1, -0.05) is 23.7 Å². The molecule has 7 nitrogen and oxygen atoms in total. The molecule has 1 unspecified atom stereocenters. The SMILES string of the molecule is COC(=O)c1ccc(OCC(O)CN(C)CC(=O)Nc2ccccc2Cl)cc1. The van der Waals surface area contributed by atoms with E-state index in [4.69, 9.17) is 16.3 Å². The van der Waals surface area contributed by atoms with Crippen molar-refractivity contribution in [3.63, 3.8) is 0 Å². The Kier molecular flexibility index (Phi) is 8.25. The van der Waals surface area contributed by atoms with Crippen molar-refractivity contribution in [1.29, 1.82) is 0 Å². The summed E-state index contributed by atoms with van der Waals surface area (Å²) >= 11 is 6.01. The van der Waals surface area contributed by atoms with Gasteiger partial charge >= 0.3 is 5.97 Å². The molecule has 0 aliphatic carbocycles. The van der Waals surface area contributed by atoms with Gasteiger partial charge in [-0.05, 0) is 43.4 Å². The zero-order valence-corrected chi connectivity index (χ0v) is 16.5. The first-order chi connectivity index (χ1) is 13.4. The van der Waals surface area contributed by atoms with Crippen molar-refractivity contribution >= 4 is 29.2 Å². The van der Waals surface area contributed by atoms with E-state index < -0.39 is 12.1 Å². The molecule has 0 fully saturated rings. The molecular weight excluding hydrogens is 384 g/mol. The van der Waals surface area contributed by atoms with Crippen LogP contribution in [0.3, 0.4) is 0 Å². The second-order valence-corrected chi connectivity index (χ2v) is 6.61. The maximum Gasteiger partial charge on any atom is 0.337 e. The van der Waals surface area contributed by atoms with Crippen LogP contribution in [-0.4, -0.2) is 61.8 Å². The third-order valence-corrected chi connectivity index (χ3v) is 4.13. The van der Waals surface area contributed by atoms with Crippen LogP contribution in [-0.2, 0) is 9.53 Å². The molecule has 8 heteroatoms.